The van der Waals surface area contributed by atoms with Gasteiger partial charge in [0.2, 0.25) is 0 Å². The molecule has 0 saturated carbocycles. The first-order chi connectivity index (χ1) is 14.9. The van der Waals surface area contributed by atoms with Crippen molar-refractivity contribution in [2.45, 2.75) is 20.8 Å². The zero-order chi connectivity index (χ0) is 22.0. The van der Waals surface area contributed by atoms with Crippen molar-refractivity contribution in [1.29, 1.82) is 0 Å². The second kappa shape index (κ2) is 8.35. The molecule has 4 rings (SSSR count). The summed E-state index contributed by atoms with van der Waals surface area (Å²) in [6.45, 7) is 5.27. The van der Waals surface area contributed by atoms with Crippen molar-refractivity contribution in [2.24, 2.45) is 0 Å². The van der Waals surface area contributed by atoms with E-state index in [4.69, 9.17) is 4.74 Å². The summed E-state index contributed by atoms with van der Waals surface area (Å²) in [5, 5.41) is 7.19. The van der Waals surface area contributed by atoms with Gasteiger partial charge in [0, 0.05) is 0 Å². The fourth-order valence-corrected chi connectivity index (χ4v) is 3.18. The number of hydrogen-bond acceptors (Lipinski definition) is 5. The molecule has 156 valence electrons. The molecule has 0 aliphatic heterocycles. The third-order valence-corrected chi connectivity index (χ3v) is 4.78. The first kappa shape index (κ1) is 20.2. The molecule has 4 aromatic rings. The van der Waals surface area contributed by atoms with Gasteiger partial charge in [0.05, 0.1) is 40.2 Å². The van der Waals surface area contributed by atoms with Crippen molar-refractivity contribution in [3.63, 3.8) is 0 Å². The molecule has 0 bridgehead atoms. The number of aryl methyl sites for hydroxylation is 2. The minimum atomic E-state index is -0.510. The van der Waals surface area contributed by atoms with Crippen molar-refractivity contribution in [3.05, 3.63) is 89.3 Å². The predicted octanol–water partition coefficient (Wildman–Crippen LogP) is 4.77. The Kier molecular flexibility index (Phi) is 5.44. The maximum Gasteiger partial charge on any atom is 0.322 e. The highest BCUT2D eigenvalue weighted by Gasteiger charge is 2.19. The fraction of sp³-hybridized carbons (Fsp3) is 0.130. The largest absolute Gasteiger partial charge is 0.421 e. The summed E-state index contributed by atoms with van der Waals surface area (Å²) in [7, 11) is 0. The summed E-state index contributed by atoms with van der Waals surface area (Å²) in [5.74, 6) is -0.802. The van der Waals surface area contributed by atoms with Gasteiger partial charge >= 0.3 is 6.01 Å². The third kappa shape index (κ3) is 4.13. The molecule has 2 heterocycles. The number of halogens is 1. The van der Waals surface area contributed by atoms with Gasteiger partial charge in [0.25, 0.3) is 5.91 Å². The molecule has 0 atom stereocenters. The summed E-state index contributed by atoms with van der Waals surface area (Å²) in [4.78, 5) is 21.4. The van der Waals surface area contributed by atoms with E-state index in [-0.39, 0.29) is 17.7 Å². The molecule has 31 heavy (non-hydrogen) atoms. The van der Waals surface area contributed by atoms with Crippen LogP contribution in [0.4, 0.5) is 10.1 Å². The second-order valence-corrected chi connectivity index (χ2v) is 6.93. The highest BCUT2D eigenvalue weighted by Crippen LogP contribution is 2.26. The molecule has 0 unspecified atom stereocenters. The van der Waals surface area contributed by atoms with E-state index < -0.39 is 5.82 Å². The number of anilines is 1. The Balaban J connectivity index is 1.57. The molecule has 7 nitrogen and oxygen atoms in total. The molecule has 0 aliphatic carbocycles. The maximum atomic E-state index is 13.8. The number of para-hydroxylation sites is 2. The Morgan fingerprint density at radius 2 is 1.61 bits per heavy atom. The molecule has 0 aliphatic rings. The number of carbonyl (C=O) groups is 1. The molecule has 1 N–H and O–H groups in total. The highest BCUT2D eigenvalue weighted by molar-refractivity contribution is 6.05. The van der Waals surface area contributed by atoms with Crippen molar-refractivity contribution in [3.8, 4) is 17.4 Å². The molecule has 0 fully saturated rings. The lowest BCUT2D eigenvalue weighted by Crippen LogP contribution is -2.16. The van der Waals surface area contributed by atoms with E-state index in [9.17, 15) is 9.18 Å². The van der Waals surface area contributed by atoms with E-state index in [0.29, 0.717) is 28.3 Å². The third-order valence-electron chi connectivity index (χ3n) is 4.78. The van der Waals surface area contributed by atoms with E-state index in [1.54, 1.807) is 30.7 Å². The highest BCUT2D eigenvalue weighted by atomic mass is 19.1. The normalized spacial score (nSPS) is 10.7. The zero-order valence-corrected chi connectivity index (χ0v) is 17.3. The summed E-state index contributed by atoms with van der Waals surface area (Å²) >= 11 is 0. The summed E-state index contributed by atoms with van der Waals surface area (Å²) < 4.78 is 21.0. The van der Waals surface area contributed by atoms with Crippen LogP contribution in [0.1, 0.15) is 27.4 Å². The number of nitrogens with zero attached hydrogens (tertiary/aromatic N) is 4. The van der Waals surface area contributed by atoms with Gasteiger partial charge in [-0.3, -0.25) is 4.79 Å². The van der Waals surface area contributed by atoms with Crippen LogP contribution in [0.3, 0.4) is 0 Å². The average Bonchev–Trinajstić information content (AvgIpc) is 3.14. The number of hydrogen-bond donors (Lipinski definition) is 1. The standard InChI is InChI=1S/C23H20FN5O2/c1-14-21(15(2)27-23(26-14)31-20-12-8-7-11-19(20)24)28-22(30)18-13-25-29(16(18)3)17-9-5-4-6-10-17/h4-13H,1-3H3,(H,28,30). The monoisotopic (exact) mass is 417 g/mol. The number of carbonyl (C=O) groups excluding carboxylic acids is 1. The Morgan fingerprint density at radius 1 is 0.968 bits per heavy atom. The van der Waals surface area contributed by atoms with E-state index in [2.05, 4.69) is 20.4 Å². The van der Waals surface area contributed by atoms with Crippen LogP contribution in [0, 0.1) is 26.6 Å². The summed E-state index contributed by atoms with van der Waals surface area (Å²) in [6.07, 6.45) is 1.53. The smallest absolute Gasteiger partial charge is 0.322 e. The quantitative estimate of drug-likeness (QED) is 0.506. The van der Waals surface area contributed by atoms with Crippen LogP contribution in [0.25, 0.3) is 5.69 Å². The van der Waals surface area contributed by atoms with Crippen molar-refractivity contribution < 1.29 is 13.9 Å². The lowest BCUT2D eigenvalue weighted by atomic mass is 10.2. The van der Waals surface area contributed by atoms with Crippen molar-refractivity contribution >= 4 is 11.6 Å². The van der Waals surface area contributed by atoms with Crippen LogP contribution >= 0.6 is 0 Å². The van der Waals surface area contributed by atoms with Crippen LogP contribution in [-0.4, -0.2) is 25.7 Å². The predicted molar refractivity (Wildman–Crippen MR) is 114 cm³/mol. The molecule has 2 aromatic carbocycles. The van der Waals surface area contributed by atoms with Crippen LogP contribution < -0.4 is 10.1 Å². The molecule has 0 radical (unpaired) electrons. The van der Waals surface area contributed by atoms with Crippen LogP contribution in [0.15, 0.2) is 60.8 Å². The summed E-state index contributed by atoms with van der Waals surface area (Å²) in [6, 6.07) is 15.6. The topological polar surface area (TPSA) is 81.9 Å². The number of amides is 1. The first-order valence-electron chi connectivity index (χ1n) is 9.63. The minimum absolute atomic E-state index is 0.00572. The number of rotatable bonds is 5. The van der Waals surface area contributed by atoms with Gasteiger partial charge in [-0.05, 0) is 45.0 Å². The van der Waals surface area contributed by atoms with E-state index in [1.807, 2.05) is 37.3 Å². The number of nitrogens with one attached hydrogen (secondary N) is 1. The first-order valence-corrected chi connectivity index (χ1v) is 9.63. The van der Waals surface area contributed by atoms with Gasteiger partial charge in [-0.1, -0.05) is 30.3 Å². The lowest BCUT2D eigenvalue weighted by molar-refractivity contribution is 0.102. The molecular weight excluding hydrogens is 397 g/mol. The molecule has 2 aromatic heterocycles. The van der Waals surface area contributed by atoms with Gasteiger partial charge in [0.15, 0.2) is 11.6 Å². The number of ether oxygens (including phenoxy) is 1. The van der Waals surface area contributed by atoms with Gasteiger partial charge in [0.1, 0.15) is 0 Å². The van der Waals surface area contributed by atoms with Crippen LogP contribution in [0.5, 0.6) is 11.8 Å². The minimum Gasteiger partial charge on any atom is -0.421 e. The fourth-order valence-electron chi connectivity index (χ4n) is 3.18. The van der Waals surface area contributed by atoms with Crippen LogP contribution in [-0.2, 0) is 0 Å². The Morgan fingerprint density at radius 3 is 2.29 bits per heavy atom. The number of aromatic nitrogens is 4. The van der Waals surface area contributed by atoms with E-state index in [1.165, 1.54) is 18.3 Å². The lowest BCUT2D eigenvalue weighted by Gasteiger charge is -2.12. The van der Waals surface area contributed by atoms with Gasteiger partial charge in [-0.2, -0.15) is 15.1 Å². The van der Waals surface area contributed by atoms with Crippen molar-refractivity contribution in [2.75, 3.05) is 5.32 Å². The Bertz CT molecular complexity index is 1230. The Labute approximate surface area is 178 Å². The average molecular weight is 417 g/mol. The number of benzene rings is 2. The zero-order valence-electron chi connectivity index (χ0n) is 17.3. The molecule has 1 amide bonds. The van der Waals surface area contributed by atoms with Gasteiger partial charge < -0.3 is 10.1 Å². The SMILES string of the molecule is Cc1nc(Oc2ccccc2F)nc(C)c1NC(=O)c1cnn(-c2ccccc2)c1C. The molecule has 0 saturated heterocycles. The molecule has 8 heteroatoms. The Hall–Kier alpha value is -4.07. The van der Waals surface area contributed by atoms with E-state index >= 15 is 0 Å². The molecular formula is C23H20FN5O2. The molecule has 0 spiro atoms. The van der Waals surface area contributed by atoms with E-state index in [0.717, 1.165) is 5.69 Å². The van der Waals surface area contributed by atoms with Gasteiger partial charge in [-0.25, -0.2) is 9.07 Å². The van der Waals surface area contributed by atoms with Crippen molar-refractivity contribution in [1.82, 2.24) is 19.7 Å². The summed E-state index contributed by atoms with van der Waals surface area (Å²) in [5.41, 5.74) is 3.48. The van der Waals surface area contributed by atoms with Crippen LogP contribution in [0.2, 0.25) is 0 Å². The van der Waals surface area contributed by atoms with Gasteiger partial charge in [-0.15, -0.1) is 0 Å². The second-order valence-electron chi connectivity index (χ2n) is 6.93. The maximum absolute atomic E-state index is 13.8.